The molecule has 4 atom stereocenters. The molecule has 4 aliphatic heterocycles. The molecule has 0 aliphatic carbocycles. The van der Waals surface area contributed by atoms with Crippen molar-refractivity contribution in [1.29, 1.82) is 0 Å². The van der Waals surface area contributed by atoms with Crippen LogP contribution in [0.5, 0.6) is 0 Å². The fraction of sp³-hybridized carbons (Fsp3) is 0.538. The van der Waals surface area contributed by atoms with E-state index in [-0.39, 0.29) is 0 Å². The molecule has 4 unspecified atom stereocenters. The van der Waals surface area contributed by atoms with Gasteiger partial charge in [0.05, 0.1) is 11.4 Å². The molecule has 0 amide bonds. The smallest absolute Gasteiger partial charge is 0.175 e. The Balaban J connectivity index is 1.72. The van der Waals surface area contributed by atoms with Gasteiger partial charge >= 0.3 is 0 Å². The Bertz CT molecular complexity index is 581. The van der Waals surface area contributed by atoms with E-state index in [1.807, 2.05) is 0 Å². The van der Waals surface area contributed by atoms with Gasteiger partial charge in [0, 0.05) is 36.6 Å². The molecule has 3 N–H and O–H groups in total. The standard InChI is InChI=1S/C13H15BrFN5/c14-13-10(15)11-6(3-19-13)12(7(16)4-18-11)20-5-8-9(20)1-2-17-8/h3-4,8-11,17H,1-2,5,16H2. The lowest BCUT2D eigenvalue weighted by molar-refractivity contribution is 0.115. The highest BCUT2D eigenvalue weighted by Gasteiger charge is 2.46. The topological polar surface area (TPSA) is 66.0 Å². The van der Waals surface area contributed by atoms with E-state index < -0.39 is 12.2 Å². The second-order valence-electron chi connectivity index (χ2n) is 5.53. The second kappa shape index (κ2) is 4.39. The van der Waals surface area contributed by atoms with Gasteiger partial charge in [-0.3, -0.25) is 9.98 Å². The van der Waals surface area contributed by atoms with Crippen molar-refractivity contribution in [2.75, 3.05) is 13.1 Å². The second-order valence-corrected chi connectivity index (χ2v) is 6.35. The molecule has 0 saturated carbocycles. The molecule has 4 aliphatic rings. The van der Waals surface area contributed by atoms with Gasteiger partial charge in [0.15, 0.2) is 6.17 Å². The molecule has 4 rings (SSSR count). The summed E-state index contributed by atoms with van der Waals surface area (Å²) in [6.07, 6.45) is 3.15. The van der Waals surface area contributed by atoms with Crippen LogP contribution < -0.4 is 11.1 Å². The minimum absolute atomic E-state index is 0.298. The van der Waals surface area contributed by atoms with Crippen LogP contribution in [0.15, 0.2) is 33.2 Å². The van der Waals surface area contributed by atoms with Gasteiger partial charge in [-0.2, -0.15) is 0 Å². The number of aliphatic imine (C=N–C) groups is 2. The lowest BCUT2D eigenvalue weighted by Crippen LogP contribution is -2.61. The highest BCUT2D eigenvalue weighted by molar-refractivity contribution is 9.18. The van der Waals surface area contributed by atoms with Crippen LogP contribution in [0.25, 0.3) is 0 Å². The summed E-state index contributed by atoms with van der Waals surface area (Å²) in [4.78, 5) is 10.6. The van der Waals surface area contributed by atoms with E-state index in [4.69, 9.17) is 5.73 Å². The number of halogens is 2. The summed E-state index contributed by atoms with van der Waals surface area (Å²) >= 11 is 3.15. The Hall–Kier alpha value is -1.21. The minimum Gasteiger partial charge on any atom is -0.396 e. The van der Waals surface area contributed by atoms with Gasteiger partial charge in [-0.1, -0.05) is 0 Å². The number of hydrogen-bond acceptors (Lipinski definition) is 5. The molecular formula is C13H15BrFN5. The number of dihydropyridines is 1. The van der Waals surface area contributed by atoms with E-state index in [0.717, 1.165) is 30.8 Å². The molecule has 0 aromatic heterocycles. The fourth-order valence-electron chi connectivity index (χ4n) is 3.42. The van der Waals surface area contributed by atoms with Crippen molar-refractivity contribution in [1.82, 2.24) is 10.2 Å². The van der Waals surface area contributed by atoms with Gasteiger partial charge in [-0.05, 0) is 28.9 Å². The first kappa shape index (κ1) is 12.5. The molecular weight excluding hydrogens is 325 g/mol. The number of rotatable bonds is 1. The van der Waals surface area contributed by atoms with Crippen LogP contribution in [-0.4, -0.2) is 53.1 Å². The molecule has 2 saturated heterocycles. The van der Waals surface area contributed by atoms with E-state index in [1.165, 1.54) is 0 Å². The zero-order valence-corrected chi connectivity index (χ0v) is 12.3. The highest BCUT2D eigenvalue weighted by Crippen LogP contribution is 2.38. The molecule has 5 nitrogen and oxygen atoms in total. The average molecular weight is 340 g/mol. The monoisotopic (exact) mass is 339 g/mol. The van der Waals surface area contributed by atoms with Crippen molar-refractivity contribution < 1.29 is 4.39 Å². The van der Waals surface area contributed by atoms with Crippen molar-refractivity contribution >= 4 is 26.8 Å². The molecule has 0 bridgehead atoms. The third-order valence-electron chi connectivity index (χ3n) is 4.46. The number of hydrogen-bond donors (Lipinski definition) is 2. The molecule has 20 heavy (non-hydrogen) atoms. The quantitative estimate of drug-likeness (QED) is 0.738. The van der Waals surface area contributed by atoms with Gasteiger partial charge in [-0.15, -0.1) is 0 Å². The summed E-state index contributed by atoms with van der Waals surface area (Å²) in [5.74, 6) is 0. The molecule has 4 heterocycles. The van der Waals surface area contributed by atoms with Gasteiger partial charge in [0.2, 0.25) is 0 Å². The third kappa shape index (κ3) is 1.62. The van der Waals surface area contributed by atoms with Crippen molar-refractivity contribution in [2.45, 2.75) is 30.7 Å². The van der Waals surface area contributed by atoms with Crippen LogP contribution in [0.3, 0.4) is 0 Å². The van der Waals surface area contributed by atoms with Crippen LogP contribution in [0.4, 0.5) is 4.39 Å². The number of nitrogens with one attached hydrogen (secondary N) is 1. The number of likely N-dealkylation sites (tertiary alicyclic amines) is 1. The molecule has 0 aromatic carbocycles. The summed E-state index contributed by atoms with van der Waals surface area (Å²) in [7, 11) is 0. The van der Waals surface area contributed by atoms with Crippen molar-refractivity contribution in [3.8, 4) is 0 Å². The van der Waals surface area contributed by atoms with Gasteiger partial charge in [-0.25, -0.2) is 4.39 Å². The van der Waals surface area contributed by atoms with Crippen LogP contribution >= 0.6 is 15.9 Å². The normalized spacial score (nSPS) is 39.0. The number of nitrogens with zero attached hydrogens (tertiary/aromatic N) is 3. The lowest BCUT2D eigenvalue weighted by Gasteiger charge is -2.49. The van der Waals surface area contributed by atoms with E-state index in [9.17, 15) is 4.39 Å². The summed E-state index contributed by atoms with van der Waals surface area (Å²) in [5, 5.41) is 3.46. The van der Waals surface area contributed by atoms with Gasteiger partial charge in [0.25, 0.3) is 0 Å². The Morgan fingerprint density at radius 1 is 1.50 bits per heavy atom. The first-order valence-electron chi connectivity index (χ1n) is 6.77. The van der Waals surface area contributed by atoms with Crippen LogP contribution in [-0.2, 0) is 0 Å². The predicted molar refractivity (Wildman–Crippen MR) is 79.7 cm³/mol. The lowest BCUT2D eigenvalue weighted by atomic mass is 9.89. The van der Waals surface area contributed by atoms with Crippen molar-refractivity contribution in [3.05, 3.63) is 23.2 Å². The average Bonchev–Trinajstić information content (AvgIpc) is 2.78. The van der Waals surface area contributed by atoms with Crippen molar-refractivity contribution in [3.63, 3.8) is 0 Å². The summed E-state index contributed by atoms with van der Waals surface area (Å²) in [5.41, 5.74) is 8.43. The van der Waals surface area contributed by atoms with E-state index in [1.54, 1.807) is 12.4 Å². The van der Waals surface area contributed by atoms with E-state index in [2.05, 4.69) is 36.1 Å². The van der Waals surface area contributed by atoms with Gasteiger partial charge in [0.1, 0.15) is 10.7 Å². The molecule has 2 fully saturated rings. The summed E-state index contributed by atoms with van der Waals surface area (Å²) in [6.45, 7) is 1.95. The number of alkyl halides is 1. The minimum atomic E-state index is -1.23. The Labute approximate surface area is 124 Å². The zero-order valence-electron chi connectivity index (χ0n) is 10.8. The predicted octanol–water partition coefficient (Wildman–Crippen LogP) is 0.685. The molecule has 0 aromatic rings. The SMILES string of the molecule is NC1=C(N2CC3NCCC32)C2=CN=C(Br)C(F)C2N=C1. The molecule has 0 spiro atoms. The van der Waals surface area contributed by atoms with E-state index >= 15 is 0 Å². The zero-order chi connectivity index (χ0) is 13.9. The van der Waals surface area contributed by atoms with Crippen LogP contribution in [0.1, 0.15) is 6.42 Å². The maximum Gasteiger partial charge on any atom is 0.175 e. The molecule has 0 radical (unpaired) electrons. The number of nitrogens with two attached hydrogens (primary N) is 1. The van der Waals surface area contributed by atoms with E-state index in [0.29, 0.717) is 22.4 Å². The summed E-state index contributed by atoms with van der Waals surface area (Å²) in [6, 6.07) is 0.467. The Kier molecular flexibility index (Phi) is 2.75. The first-order chi connectivity index (χ1) is 9.66. The number of fused-ring (bicyclic) bond motifs is 2. The Morgan fingerprint density at radius 2 is 2.35 bits per heavy atom. The largest absolute Gasteiger partial charge is 0.396 e. The molecule has 7 heteroatoms. The highest BCUT2D eigenvalue weighted by atomic mass is 79.9. The molecule has 106 valence electrons. The Morgan fingerprint density at radius 3 is 3.15 bits per heavy atom. The third-order valence-corrected chi connectivity index (χ3v) is 5.11. The fourth-order valence-corrected chi connectivity index (χ4v) is 3.78. The van der Waals surface area contributed by atoms with Crippen LogP contribution in [0.2, 0.25) is 0 Å². The van der Waals surface area contributed by atoms with Crippen LogP contribution in [0, 0.1) is 0 Å². The van der Waals surface area contributed by atoms with Gasteiger partial charge < -0.3 is 16.0 Å². The van der Waals surface area contributed by atoms with Crippen molar-refractivity contribution in [2.24, 2.45) is 15.7 Å². The number of allylic oxidation sites excluding steroid dienone is 1. The maximum absolute atomic E-state index is 14.2. The first-order valence-corrected chi connectivity index (χ1v) is 7.57. The summed E-state index contributed by atoms with van der Waals surface area (Å²) < 4.78 is 14.5. The maximum atomic E-state index is 14.2.